The lowest BCUT2D eigenvalue weighted by molar-refractivity contribution is -0.119. The molecule has 0 aromatic carbocycles. The minimum atomic E-state index is -0.244. The van der Waals surface area contributed by atoms with Crippen LogP contribution in [0.5, 0.6) is 0 Å². The Balaban J connectivity index is 0.000000609. The van der Waals surface area contributed by atoms with Gasteiger partial charge >= 0.3 is 0 Å². The minimum absolute atomic E-state index is 0.216. The second-order valence-corrected chi connectivity index (χ2v) is 7.17. The van der Waals surface area contributed by atoms with Crippen LogP contribution in [0.4, 0.5) is 4.39 Å². The Morgan fingerprint density at radius 1 is 1.19 bits per heavy atom. The van der Waals surface area contributed by atoms with E-state index in [1.807, 2.05) is 58.1 Å². The molecule has 0 aliphatic carbocycles. The van der Waals surface area contributed by atoms with E-state index in [1.165, 1.54) is 12.2 Å². The fourth-order valence-electron chi connectivity index (χ4n) is 2.99. The van der Waals surface area contributed by atoms with Crippen LogP contribution in [0.2, 0.25) is 0 Å². The van der Waals surface area contributed by atoms with Gasteiger partial charge in [-0.15, -0.1) is 0 Å². The third-order valence-electron chi connectivity index (χ3n) is 4.67. The summed E-state index contributed by atoms with van der Waals surface area (Å²) in [5.41, 5.74) is 4.14. The summed E-state index contributed by atoms with van der Waals surface area (Å²) >= 11 is 0. The molecular formula is C27H39FN2O. The first-order chi connectivity index (χ1) is 14.9. The van der Waals surface area contributed by atoms with E-state index >= 15 is 0 Å². The first-order valence-electron chi connectivity index (χ1n) is 11.0. The van der Waals surface area contributed by atoms with Crippen molar-refractivity contribution >= 4 is 11.4 Å². The normalized spacial score (nSPS) is 14.0. The second-order valence-electron chi connectivity index (χ2n) is 7.17. The lowest BCUT2D eigenvalue weighted by Crippen LogP contribution is -2.09. The van der Waals surface area contributed by atoms with Crippen molar-refractivity contribution in [3.8, 4) is 0 Å². The number of hydrogen-bond acceptors (Lipinski definition) is 2. The third kappa shape index (κ3) is 11.9. The average molecular weight is 427 g/mol. The molecule has 0 bridgehead atoms. The molecule has 1 aromatic heterocycles. The van der Waals surface area contributed by atoms with Crippen molar-refractivity contribution in [1.82, 2.24) is 10.2 Å². The van der Waals surface area contributed by atoms with Gasteiger partial charge in [0.15, 0.2) is 0 Å². The van der Waals surface area contributed by atoms with Crippen LogP contribution in [-0.4, -0.2) is 16.0 Å². The molecule has 0 fully saturated rings. The van der Waals surface area contributed by atoms with Crippen LogP contribution in [0.3, 0.4) is 0 Å². The molecule has 0 saturated carbocycles. The van der Waals surface area contributed by atoms with Crippen LogP contribution in [0, 0.1) is 12.8 Å². The van der Waals surface area contributed by atoms with Gasteiger partial charge in [-0.1, -0.05) is 69.4 Å². The summed E-state index contributed by atoms with van der Waals surface area (Å²) in [5, 5.41) is 7.07. The molecule has 1 atom stereocenters. The summed E-state index contributed by atoms with van der Waals surface area (Å²) in [7, 11) is 0. The van der Waals surface area contributed by atoms with Crippen LogP contribution in [0.1, 0.15) is 71.7 Å². The summed E-state index contributed by atoms with van der Waals surface area (Å²) < 4.78 is 13.1. The van der Waals surface area contributed by atoms with E-state index in [-0.39, 0.29) is 17.5 Å². The standard InChI is InChI=1S/C16H25FO.C11H14N2/c1-5-9-14(12-16(18)8-4)13(6-2)10-11-15(17)7-3;1-4-6-10(7-5-2)11-8-9(3)12-13-11/h6-7,10-11,14H,5,8-9,12H2,1-4H3;4-8H,1H2,2-3H3,(H,12,13)/b11-10-,13-6+,15-7+;7-5-,10-6+. The minimum Gasteiger partial charge on any atom is -0.300 e. The summed E-state index contributed by atoms with van der Waals surface area (Å²) in [6, 6.07) is 2.01. The van der Waals surface area contributed by atoms with Crippen LogP contribution in [-0.2, 0) is 4.79 Å². The Bertz CT molecular complexity index is 822. The van der Waals surface area contributed by atoms with Gasteiger partial charge in [0, 0.05) is 24.1 Å². The fraction of sp³-hybridized carbons (Fsp3) is 0.407. The molecule has 0 radical (unpaired) electrons. The SMILES string of the molecule is C=C/C=C(\C=C/C)c1cc(C)[nH]n1.C\C=C(/C=C\C(F)=C/C)C(CCC)CC(=O)CC. The maximum Gasteiger partial charge on any atom is 0.133 e. The van der Waals surface area contributed by atoms with Gasteiger partial charge in [0.25, 0.3) is 0 Å². The number of halogens is 1. The van der Waals surface area contributed by atoms with Gasteiger partial charge < -0.3 is 0 Å². The molecule has 170 valence electrons. The van der Waals surface area contributed by atoms with Crippen molar-refractivity contribution in [3.05, 3.63) is 84.0 Å². The number of ketones is 1. The number of allylic oxidation sites excluding steroid dienone is 11. The molecule has 1 rings (SSSR count). The molecule has 31 heavy (non-hydrogen) atoms. The first-order valence-corrected chi connectivity index (χ1v) is 11.0. The second kappa shape index (κ2) is 17.0. The molecule has 4 heteroatoms. The summed E-state index contributed by atoms with van der Waals surface area (Å²) in [6.45, 7) is 15.2. The average Bonchev–Trinajstić information content (AvgIpc) is 3.20. The Kier molecular flexibility index (Phi) is 15.5. The predicted molar refractivity (Wildman–Crippen MR) is 132 cm³/mol. The number of nitrogens with one attached hydrogen (secondary N) is 1. The first kappa shape index (κ1) is 28.2. The topological polar surface area (TPSA) is 45.8 Å². The molecule has 0 spiro atoms. The van der Waals surface area contributed by atoms with Gasteiger partial charge in [-0.05, 0) is 57.7 Å². The van der Waals surface area contributed by atoms with E-state index in [1.54, 1.807) is 19.1 Å². The highest BCUT2D eigenvalue weighted by Crippen LogP contribution is 2.24. The molecule has 3 nitrogen and oxygen atoms in total. The van der Waals surface area contributed by atoms with Gasteiger partial charge in [0.05, 0.1) is 5.69 Å². The van der Waals surface area contributed by atoms with Crippen molar-refractivity contribution in [2.24, 2.45) is 5.92 Å². The highest BCUT2D eigenvalue weighted by Gasteiger charge is 2.14. The zero-order chi connectivity index (χ0) is 23.6. The van der Waals surface area contributed by atoms with E-state index in [9.17, 15) is 9.18 Å². The van der Waals surface area contributed by atoms with Crippen LogP contribution in [0.25, 0.3) is 5.57 Å². The van der Waals surface area contributed by atoms with Crippen molar-refractivity contribution in [3.63, 3.8) is 0 Å². The Labute approximate surface area is 188 Å². The lowest BCUT2D eigenvalue weighted by atomic mass is 9.88. The maximum absolute atomic E-state index is 13.1. The van der Waals surface area contributed by atoms with Crippen LogP contribution in [0.15, 0.2) is 72.7 Å². The summed E-state index contributed by atoms with van der Waals surface area (Å²) in [4.78, 5) is 11.6. The quantitative estimate of drug-likeness (QED) is 0.364. The van der Waals surface area contributed by atoms with E-state index < -0.39 is 0 Å². The smallest absolute Gasteiger partial charge is 0.133 e. The number of aromatic amines is 1. The van der Waals surface area contributed by atoms with E-state index in [0.29, 0.717) is 12.8 Å². The zero-order valence-electron chi connectivity index (χ0n) is 20.0. The summed E-state index contributed by atoms with van der Waals surface area (Å²) in [5.74, 6) is 0.243. The van der Waals surface area contributed by atoms with Crippen molar-refractivity contribution in [1.29, 1.82) is 0 Å². The van der Waals surface area contributed by atoms with Crippen LogP contribution >= 0.6 is 0 Å². The third-order valence-corrected chi connectivity index (χ3v) is 4.67. The fourth-order valence-corrected chi connectivity index (χ4v) is 2.99. The van der Waals surface area contributed by atoms with Crippen molar-refractivity contribution in [2.75, 3.05) is 0 Å². The highest BCUT2D eigenvalue weighted by molar-refractivity contribution is 5.78. The molecule has 1 unspecified atom stereocenters. The molecule has 0 amide bonds. The highest BCUT2D eigenvalue weighted by atomic mass is 19.1. The largest absolute Gasteiger partial charge is 0.300 e. The number of Topliss-reactive ketones (excluding diaryl/α,β-unsaturated/α-hetero) is 1. The van der Waals surface area contributed by atoms with Gasteiger partial charge in [-0.25, -0.2) is 4.39 Å². The number of hydrogen-bond donors (Lipinski definition) is 1. The van der Waals surface area contributed by atoms with E-state index in [4.69, 9.17) is 0 Å². The number of aryl methyl sites for hydroxylation is 1. The Morgan fingerprint density at radius 2 is 1.90 bits per heavy atom. The van der Waals surface area contributed by atoms with Crippen molar-refractivity contribution < 1.29 is 9.18 Å². The predicted octanol–water partition coefficient (Wildman–Crippen LogP) is 8.01. The molecule has 1 aromatic rings. The lowest BCUT2D eigenvalue weighted by Gasteiger charge is -2.16. The molecule has 1 heterocycles. The van der Waals surface area contributed by atoms with Gasteiger partial charge in [0.1, 0.15) is 11.6 Å². The summed E-state index contributed by atoms with van der Waals surface area (Å²) in [6.07, 6.45) is 17.5. The molecule has 0 aliphatic heterocycles. The van der Waals surface area contributed by atoms with Gasteiger partial charge in [-0.2, -0.15) is 5.10 Å². The Hall–Kier alpha value is -2.75. The zero-order valence-corrected chi connectivity index (χ0v) is 20.0. The van der Waals surface area contributed by atoms with E-state index in [0.717, 1.165) is 35.4 Å². The van der Waals surface area contributed by atoms with E-state index in [2.05, 4.69) is 23.7 Å². The van der Waals surface area contributed by atoms with Crippen LogP contribution < -0.4 is 0 Å². The number of carbonyl (C=O) groups is 1. The number of aromatic nitrogens is 2. The molecule has 1 N–H and O–H groups in total. The number of carbonyl (C=O) groups excluding carboxylic acids is 1. The number of rotatable bonds is 11. The molecule has 0 aliphatic rings. The maximum atomic E-state index is 13.1. The molecular weight excluding hydrogens is 387 g/mol. The number of nitrogens with zero attached hydrogens (tertiary/aromatic N) is 1. The Morgan fingerprint density at radius 3 is 2.35 bits per heavy atom. The van der Waals surface area contributed by atoms with Gasteiger partial charge in [-0.3, -0.25) is 9.89 Å². The van der Waals surface area contributed by atoms with Gasteiger partial charge in [0.2, 0.25) is 0 Å². The monoisotopic (exact) mass is 426 g/mol. The number of H-pyrrole nitrogens is 1. The molecule has 0 saturated heterocycles. The van der Waals surface area contributed by atoms with Crippen molar-refractivity contribution in [2.45, 2.75) is 67.2 Å².